The van der Waals surface area contributed by atoms with Gasteiger partial charge >= 0.3 is 11.9 Å². The zero-order valence-corrected chi connectivity index (χ0v) is 13.6. The molecule has 2 rings (SSSR count). The predicted octanol–water partition coefficient (Wildman–Crippen LogP) is -0.530. The molecule has 2 aliphatic heterocycles. The quantitative estimate of drug-likeness (QED) is 0.452. The van der Waals surface area contributed by atoms with Crippen molar-refractivity contribution in [3.63, 3.8) is 0 Å². The third-order valence-corrected chi connectivity index (χ3v) is 5.67. The summed E-state index contributed by atoms with van der Waals surface area (Å²) in [6.07, 6.45) is -0.449. The van der Waals surface area contributed by atoms with Gasteiger partial charge in [-0.1, -0.05) is 6.92 Å². The first-order chi connectivity index (χ1) is 10.7. The molecule has 0 aromatic heterocycles. The van der Waals surface area contributed by atoms with Gasteiger partial charge in [-0.05, 0) is 18.9 Å². The van der Waals surface area contributed by atoms with Gasteiger partial charge in [-0.3, -0.25) is 9.59 Å². The lowest BCUT2D eigenvalue weighted by molar-refractivity contribution is -0.161. The molecule has 0 aliphatic carbocycles. The Morgan fingerprint density at radius 2 is 2.00 bits per heavy atom. The van der Waals surface area contributed by atoms with Crippen LogP contribution in [0.4, 0.5) is 0 Å². The molecule has 2 aliphatic rings. The molecular formula is C14H20N2O6S. The van der Waals surface area contributed by atoms with Crippen molar-refractivity contribution in [3.8, 4) is 0 Å². The van der Waals surface area contributed by atoms with Crippen LogP contribution in [0, 0.1) is 5.92 Å². The van der Waals surface area contributed by atoms with Gasteiger partial charge in [0, 0.05) is 11.0 Å². The second-order valence-corrected chi connectivity index (χ2v) is 7.25. The van der Waals surface area contributed by atoms with E-state index in [0.29, 0.717) is 12.0 Å². The molecule has 1 amide bonds. The highest BCUT2D eigenvalue weighted by Crippen LogP contribution is 2.44. The lowest BCUT2D eigenvalue weighted by Crippen LogP contribution is -2.61. The topological polar surface area (TPSA) is 141 Å². The normalized spacial score (nSPS) is 27.3. The maximum absolute atomic E-state index is 12.0. The number of nitrogens with zero attached hydrogens (tertiary/aromatic N) is 1. The van der Waals surface area contributed by atoms with E-state index in [9.17, 15) is 24.6 Å². The number of aliphatic hydroxyl groups is 1. The molecule has 5 N–H and O–H groups in total. The van der Waals surface area contributed by atoms with Gasteiger partial charge in [0.2, 0.25) is 5.91 Å². The van der Waals surface area contributed by atoms with Crippen molar-refractivity contribution < 1.29 is 29.7 Å². The van der Waals surface area contributed by atoms with E-state index >= 15 is 0 Å². The molecule has 0 saturated carbocycles. The number of hydrogen-bond donors (Lipinski definition) is 4. The summed E-state index contributed by atoms with van der Waals surface area (Å²) in [5.74, 6) is -2.97. The van der Waals surface area contributed by atoms with Crippen LogP contribution in [0.15, 0.2) is 11.3 Å². The van der Waals surface area contributed by atoms with Gasteiger partial charge in [-0.15, -0.1) is 0 Å². The number of carbonyl (C=O) groups is 3. The van der Waals surface area contributed by atoms with Crippen molar-refractivity contribution in [2.24, 2.45) is 11.7 Å². The zero-order chi connectivity index (χ0) is 17.5. The second-order valence-electron chi connectivity index (χ2n) is 5.88. The van der Waals surface area contributed by atoms with Crippen LogP contribution in [0.2, 0.25) is 0 Å². The minimum atomic E-state index is -1.18. The molecule has 1 fully saturated rings. The first-order valence-corrected chi connectivity index (χ1v) is 8.28. The van der Waals surface area contributed by atoms with Crippen molar-refractivity contribution in [1.82, 2.24) is 4.90 Å². The summed E-state index contributed by atoms with van der Waals surface area (Å²) in [7, 11) is 0. The number of nitrogens with two attached hydrogens (primary N) is 1. The maximum atomic E-state index is 12.0. The summed E-state index contributed by atoms with van der Waals surface area (Å²) in [6, 6.07) is -1.37. The molecule has 23 heavy (non-hydrogen) atoms. The highest BCUT2D eigenvalue weighted by atomic mass is 32.2. The molecule has 9 heteroatoms. The van der Waals surface area contributed by atoms with E-state index in [1.165, 1.54) is 23.6 Å². The van der Waals surface area contributed by atoms with Crippen LogP contribution in [0.3, 0.4) is 0 Å². The van der Waals surface area contributed by atoms with E-state index in [1.807, 2.05) is 0 Å². The Balaban J connectivity index is 2.11. The number of carboxylic acid groups (broad SMARTS) is 2. The SMILES string of the molecule is CC(O)C1C(=O)N2C(C(=O)O)=C(CSC(C)C(N)C(=O)O)CC12. The Morgan fingerprint density at radius 3 is 2.48 bits per heavy atom. The van der Waals surface area contributed by atoms with Crippen LogP contribution in [0.5, 0.6) is 0 Å². The third-order valence-electron chi connectivity index (χ3n) is 4.33. The fourth-order valence-electron chi connectivity index (χ4n) is 3.03. The number of thioether (sulfide) groups is 1. The van der Waals surface area contributed by atoms with Gasteiger partial charge in [-0.25, -0.2) is 4.79 Å². The molecule has 2 heterocycles. The largest absolute Gasteiger partial charge is 0.480 e. The van der Waals surface area contributed by atoms with E-state index in [1.54, 1.807) is 6.92 Å². The highest BCUT2D eigenvalue weighted by Gasteiger charge is 2.56. The second kappa shape index (κ2) is 6.50. The molecule has 0 spiro atoms. The van der Waals surface area contributed by atoms with Gasteiger partial charge in [0.1, 0.15) is 11.7 Å². The zero-order valence-electron chi connectivity index (χ0n) is 12.8. The highest BCUT2D eigenvalue weighted by molar-refractivity contribution is 8.00. The third kappa shape index (κ3) is 3.08. The number of carbonyl (C=O) groups excluding carboxylic acids is 1. The monoisotopic (exact) mass is 344 g/mol. The average Bonchev–Trinajstić information content (AvgIpc) is 2.77. The number of fused-ring (bicyclic) bond motifs is 1. The summed E-state index contributed by atoms with van der Waals surface area (Å²) < 4.78 is 0. The number of aliphatic carboxylic acids is 2. The van der Waals surface area contributed by atoms with Crippen LogP contribution < -0.4 is 5.73 Å². The summed E-state index contributed by atoms with van der Waals surface area (Å²) in [5.41, 5.74) is 6.08. The minimum Gasteiger partial charge on any atom is -0.480 e. The summed E-state index contributed by atoms with van der Waals surface area (Å²) in [5, 5.41) is 27.5. The number of rotatable bonds is 7. The van der Waals surface area contributed by atoms with Gasteiger partial charge in [0.05, 0.1) is 18.1 Å². The number of aliphatic hydroxyl groups excluding tert-OH is 1. The molecule has 8 nitrogen and oxygen atoms in total. The van der Waals surface area contributed by atoms with Gasteiger partial charge in [0.25, 0.3) is 0 Å². The molecule has 0 radical (unpaired) electrons. The van der Waals surface area contributed by atoms with Crippen LogP contribution in [-0.2, 0) is 14.4 Å². The van der Waals surface area contributed by atoms with Crippen molar-refractivity contribution in [1.29, 1.82) is 0 Å². The predicted molar refractivity (Wildman–Crippen MR) is 82.6 cm³/mol. The first kappa shape index (κ1) is 17.8. The molecular weight excluding hydrogens is 324 g/mol. The minimum absolute atomic E-state index is 0.0412. The number of carboxylic acids is 2. The standard InChI is InChI=1S/C14H20N2O6S/c1-5(17)9-8-3-7(4-23-6(2)10(15)13(19)20)11(14(21)22)16(8)12(9)18/h5-6,8-10,17H,3-4,15H2,1-2H3,(H,19,20)(H,21,22). The van der Waals surface area contributed by atoms with E-state index in [2.05, 4.69) is 0 Å². The summed E-state index contributed by atoms with van der Waals surface area (Å²) in [4.78, 5) is 35.6. The number of β-lactam (4-membered cyclic amide) rings is 1. The van der Waals surface area contributed by atoms with Gasteiger partial charge in [-0.2, -0.15) is 11.8 Å². The first-order valence-electron chi connectivity index (χ1n) is 7.23. The Hall–Kier alpha value is -1.58. The molecule has 5 unspecified atom stereocenters. The summed E-state index contributed by atoms with van der Waals surface area (Å²) >= 11 is 1.25. The molecule has 0 aromatic carbocycles. The Morgan fingerprint density at radius 1 is 1.39 bits per heavy atom. The smallest absolute Gasteiger partial charge is 0.352 e. The van der Waals surface area contributed by atoms with Crippen LogP contribution in [-0.4, -0.2) is 67.3 Å². The van der Waals surface area contributed by atoms with E-state index in [4.69, 9.17) is 10.8 Å². The van der Waals surface area contributed by atoms with Crippen molar-refractivity contribution in [2.75, 3.05) is 5.75 Å². The van der Waals surface area contributed by atoms with Gasteiger partial charge in [0.15, 0.2) is 0 Å². The summed E-state index contributed by atoms with van der Waals surface area (Å²) in [6.45, 7) is 3.18. The lowest BCUT2D eigenvalue weighted by Gasteiger charge is -2.44. The van der Waals surface area contributed by atoms with Crippen molar-refractivity contribution in [2.45, 2.75) is 43.7 Å². The van der Waals surface area contributed by atoms with Crippen LogP contribution in [0.1, 0.15) is 20.3 Å². The van der Waals surface area contributed by atoms with Crippen LogP contribution >= 0.6 is 11.8 Å². The molecule has 5 atom stereocenters. The lowest BCUT2D eigenvalue weighted by atomic mass is 9.83. The Bertz CT molecular complexity index is 576. The maximum Gasteiger partial charge on any atom is 0.352 e. The van der Waals surface area contributed by atoms with Crippen molar-refractivity contribution >= 4 is 29.6 Å². The van der Waals surface area contributed by atoms with E-state index < -0.39 is 35.3 Å². The van der Waals surface area contributed by atoms with E-state index in [0.717, 1.165) is 0 Å². The fourth-order valence-corrected chi connectivity index (χ4v) is 4.07. The average molecular weight is 344 g/mol. The molecule has 0 bridgehead atoms. The molecule has 128 valence electrons. The van der Waals surface area contributed by atoms with E-state index in [-0.39, 0.29) is 23.4 Å². The number of hydrogen-bond acceptors (Lipinski definition) is 6. The van der Waals surface area contributed by atoms with Gasteiger partial charge < -0.3 is 26.0 Å². The van der Waals surface area contributed by atoms with Crippen molar-refractivity contribution in [3.05, 3.63) is 11.3 Å². The molecule has 0 aromatic rings. The fraction of sp³-hybridized carbons (Fsp3) is 0.643. The van der Waals surface area contributed by atoms with Crippen LogP contribution in [0.25, 0.3) is 0 Å². The molecule has 1 saturated heterocycles. The Kier molecular flexibility index (Phi) is 5.02. The Labute approximate surface area is 137 Å². The number of amides is 1.